The number of hydrogen-bond donors (Lipinski definition) is 2. The Balaban J connectivity index is 2.20. The van der Waals surface area contributed by atoms with Gasteiger partial charge in [0.15, 0.2) is 5.82 Å². The number of nitrogens with one attached hydrogen (secondary N) is 1. The second-order valence-corrected chi connectivity index (χ2v) is 5.16. The van der Waals surface area contributed by atoms with Crippen LogP contribution in [0.2, 0.25) is 5.02 Å². The van der Waals surface area contributed by atoms with Crippen LogP contribution in [0.4, 0.5) is 5.82 Å². The first-order chi connectivity index (χ1) is 9.17. The van der Waals surface area contributed by atoms with Gasteiger partial charge in [-0.3, -0.25) is 4.79 Å². The van der Waals surface area contributed by atoms with E-state index in [0.717, 1.165) is 25.8 Å². The summed E-state index contributed by atoms with van der Waals surface area (Å²) in [6, 6.07) is 1.94. The van der Waals surface area contributed by atoms with E-state index < -0.39 is 0 Å². The zero-order valence-electron chi connectivity index (χ0n) is 11.0. The average Bonchev–Trinajstić information content (AvgIpc) is 2.46. The van der Waals surface area contributed by atoms with E-state index in [-0.39, 0.29) is 5.91 Å². The molecule has 1 saturated heterocycles. The third-order valence-corrected chi connectivity index (χ3v) is 3.87. The van der Waals surface area contributed by atoms with Crippen molar-refractivity contribution < 1.29 is 4.79 Å². The maximum Gasteiger partial charge on any atom is 0.255 e. The smallest absolute Gasteiger partial charge is 0.255 e. The van der Waals surface area contributed by atoms with Gasteiger partial charge in [0, 0.05) is 18.8 Å². The molecule has 1 amide bonds. The van der Waals surface area contributed by atoms with Gasteiger partial charge in [0.05, 0.1) is 10.6 Å². The third-order valence-electron chi connectivity index (χ3n) is 3.58. The largest absolute Gasteiger partial charge is 0.336 e. The minimum absolute atomic E-state index is 0.00419. The van der Waals surface area contributed by atoms with Gasteiger partial charge in [-0.15, -0.1) is 0 Å². The van der Waals surface area contributed by atoms with E-state index in [0.29, 0.717) is 22.4 Å². The molecule has 0 radical (unpaired) electrons. The van der Waals surface area contributed by atoms with Crippen molar-refractivity contribution in [1.29, 1.82) is 0 Å². The first kappa shape index (κ1) is 14.1. The molecular formula is C13H19ClN4O. The number of rotatable bonds is 3. The van der Waals surface area contributed by atoms with Crippen molar-refractivity contribution in [2.24, 2.45) is 5.84 Å². The summed E-state index contributed by atoms with van der Waals surface area (Å²) in [6.07, 6.45) is 5.83. The summed E-state index contributed by atoms with van der Waals surface area (Å²) < 4.78 is 0. The zero-order chi connectivity index (χ0) is 13.8. The summed E-state index contributed by atoms with van der Waals surface area (Å²) >= 11 is 6.01. The van der Waals surface area contributed by atoms with Gasteiger partial charge in [-0.2, -0.15) is 0 Å². The quantitative estimate of drug-likeness (QED) is 0.660. The standard InChI is InChI=1S/C13H19ClN4O/c1-2-10-5-3-4-6-18(10)13(19)9-7-11(14)12(17-15)16-8-9/h7-8,10H,2-6,15H2,1H3,(H,16,17). The molecule has 1 aliphatic rings. The Morgan fingerprint density at radius 2 is 2.42 bits per heavy atom. The maximum atomic E-state index is 12.5. The van der Waals surface area contributed by atoms with Crippen molar-refractivity contribution in [3.05, 3.63) is 22.8 Å². The molecule has 0 bridgehead atoms. The van der Waals surface area contributed by atoms with Gasteiger partial charge in [0.2, 0.25) is 0 Å². The van der Waals surface area contributed by atoms with Crippen LogP contribution in [0.1, 0.15) is 43.0 Å². The van der Waals surface area contributed by atoms with Crippen molar-refractivity contribution in [3.8, 4) is 0 Å². The third kappa shape index (κ3) is 2.98. The van der Waals surface area contributed by atoms with Gasteiger partial charge < -0.3 is 10.3 Å². The second-order valence-electron chi connectivity index (χ2n) is 4.76. The monoisotopic (exact) mass is 282 g/mol. The molecule has 3 N–H and O–H groups in total. The van der Waals surface area contributed by atoms with Crippen molar-refractivity contribution >= 4 is 23.3 Å². The molecule has 0 aromatic carbocycles. The highest BCUT2D eigenvalue weighted by Crippen LogP contribution is 2.24. The van der Waals surface area contributed by atoms with Gasteiger partial charge in [-0.25, -0.2) is 10.8 Å². The molecule has 5 nitrogen and oxygen atoms in total. The lowest BCUT2D eigenvalue weighted by molar-refractivity contribution is 0.0607. The summed E-state index contributed by atoms with van der Waals surface area (Å²) in [4.78, 5) is 18.5. The van der Waals surface area contributed by atoms with Crippen molar-refractivity contribution in [3.63, 3.8) is 0 Å². The lowest BCUT2D eigenvalue weighted by Crippen LogP contribution is -2.43. The molecule has 6 heteroatoms. The number of piperidine rings is 1. The number of nitrogens with zero attached hydrogens (tertiary/aromatic N) is 2. The van der Waals surface area contributed by atoms with E-state index in [1.165, 1.54) is 12.6 Å². The van der Waals surface area contributed by atoms with Crippen molar-refractivity contribution in [2.45, 2.75) is 38.6 Å². The molecule has 1 aromatic heterocycles. The summed E-state index contributed by atoms with van der Waals surface area (Å²) in [5.74, 6) is 5.65. The fourth-order valence-electron chi connectivity index (χ4n) is 2.52. The normalized spacial score (nSPS) is 19.3. The van der Waals surface area contributed by atoms with Gasteiger partial charge in [-0.05, 0) is 31.7 Å². The number of carbonyl (C=O) groups is 1. The van der Waals surface area contributed by atoms with Crippen LogP contribution < -0.4 is 11.3 Å². The summed E-state index contributed by atoms with van der Waals surface area (Å²) in [5.41, 5.74) is 2.91. The number of likely N-dealkylation sites (tertiary alicyclic amines) is 1. The minimum Gasteiger partial charge on any atom is -0.336 e. The van der Waals surface area contributed by atoms with E-state index in [9.17, 15) is 4.79 Å². The van der Waals surface area contributed by atoms with Gasteiger partial charge in [-0.1, -0.05) is 18.5 Å². The van der Waals surface area contributed by atoms with E-state index in [2.05, 4.69) is 17.3 Å². The molecular weight excluding hydrogens is 264 g/mol. The molecule has 1 fully saturated rings. The molecule has 19 heavy (non-hydrogen) atoms. The van der Waals surface area contributed by atoms with Gasteiger partial charge in [0.1, 0.15) is 0 Å². The molecule has 104 valence electrons. The molecule has 2 heterocycles. The highest BCUT2D eigenvalue weighted by molar-refractivity contribution is 6.33. The van der Waals surface area contributed by atoms with Crippen LogP contribution in [0.25, 0.3) is 0 Å². The van der Waals surface area contributed by atoms with Crippen LogP contribution in [0.5, 0.6) is 0 Å². The SMILES string of the molecule is CCC1CCCCN1C(=O)c1cnc(NN)c(Cl)c1. The number of nitrogen functional groups attached to an aromatic ring is 1. The van der Waals surface area contributed by atoms with E-state index in [1.54, 1.807) is 6.07 Å². The molecule has 1 atom stereocenters. The van der Waals surface area contributed by atoms with Crippen molar-refractivity contribution in [2.75, 3.05) is 12.0 Å². The number of aromatic nitrogens is 1. The summed E-state index contributed by atoms with van der Waals surface area (Å²) in [7, 11) is 0. The number of carbonyl (C=O) groups excluding carboxylic acids is 1. The molecule has 0 aliphatic carbocycles. The molecule has 0 spiro atoms. The summed E-state index contributed by atoms with van der Waals surface area (Å²) in [6.45, 7) is 2.93. The number of pyridine rings is 1. The van der Waals surface area contributed by atoms with Crippen LogP contribution in [0.3, 0.4) is 0 Å². The molecule has 2 rings (SSSR count). The van der Waals surface area contributed by atoms with Crippen molar-refractivity contribution in [1.82, 2.24) is 9.88 Å². The number of amides is 1. The van der Waals surface area contributed by atoms with Crippen LogP contribution in [0, 0.1) is 0 Å². The average molecular weight is 283 g/mol. The number of hydrazine groups is 1. The molecule has 0 saturated carbocycles. The van der Waals surface area contributed by atoms with Gasteiger partial charge >= 0.3 is 0 Å². The van der Waals surface area contributed by atoms with Crippen LogP contribution in [-0.2, 0) is 0 Å². The number of halogens is 1. The fourth-order valence-corrected chi connectivity index (χ4v) is 2.74. The predicted molar refractivity (Wildman–Crippen MR) is 76.0 cm³/mol. The maximum absolute atomic E-state index is 12.5. The number of anilines is 1. The van der Waals surface area contributed by atoms with E-state index >= 15 is 0 Å². The highest BCUT2D eigenvalue weighted by Gasteiger charge is 2.26. The fraction of sp³-hybridized carbons (Fsp3) is 0.538. The van der Waals surface area contributed by atoms with E-state index in [4.69, 9.17) is 17.4 Å². The lowest BCUT2D eigenvalue weighted by atomic mass is 9.99. The lowest BCUT2D eigenvalue weighted by Gasteiger charge is -2.35. The Kier molecular flexibility index (Phi) is 4.61. The molecule has 1 aromatic rings. The Hall–Kier alpha value is -1.33. The Morgan fingerprint density at radius 1 is 1.63 bits per heavy atom. The first-order valence-corrected chi connectivity index (χ1v) is 6.98. The Labute approximate surface area is 118 Å². The van der Waals surface area contributed by atoms with E-state index in [1.807, 2.05) is 4.90 Å². The number of nitrogens with two attached hydrogens (primary N) is 1. The first-order valence-electron chi connectivity index (χ1n) is 6.60. The highest BCUT2D eigenvalue weighted by atomic mass is 35.5. The summed E-state index contributed by atoms with van der Waals surface area (Å²) in [5, 5.41) is 0.360. The van der Waals surface area contributed by atoms with Crippen LogP contribution in [0.15, 0.2) is 12.3 Å². The second kappa shape index (κ2) is 6.21. The topological polar surface area (TPSA) is 71.2 Å². The van der Waals surface area contributed by atoms with Gasteiger partial charge in [0.25, 0.3) is 5.91 Å². The Bertz CT molecular complexity index is 466. The molecule has 1 aliphatic heterocycles. The molecule has 1 unspecified atom stereocenters. The van der Waals surface area contributed by atoms with Crippen LogP contribution >= 0.6 is 11.6 Å². The Morgan fingerprint density at radius 3 is 3.05 bits per heavy atom. The number of hydrogen-bond acceptors (Lipinski definition) is 4. The predicted octanol–water partition coefficient (Wildman–Crippen LogP) is 2.43. The van der Waals surface area contributed by atoms with Crippen LogP contribution in [-0.4, -0.2) is 28.4 Å². The zero-order valence-corrected chi connectivity index (χ0v) is 11.8. The minimum atomic E-state index is 0.00419.